The van der Waals surface area contributed by atoms with Crippen LogP contribution in [0, 0.1) is 5.92 Å². The van der Waals surface area contributed by atoms with Gasteiger partial charge < -0.3 is 10.1 Å². The van der Waals surface area contributed by atoms with Gasteiger partial charge in [0.15, 0.2) is 0 Å². The Bertz CT molecular complexity index is 476. The average Bonchev–Trinajstić information content (AvgIpc) is 2.44. The topological polar surface area (TPSA) is 55.4 Å². The van der Waals surface area contributed by atoms with Crippen molar-refractivity contribution in [2.24, 2.45) is 5.92 Å². The number of thioether (sulfide) groups is 1. The number of hydrogen-bond acceptors (Lipinski definition) is 4. The summed E-state index contributed by atoms with van der Waals surface area (Å²) in [6.45, 7) is 3.98. The lowest BCUT2D eigenvalue weighted by Crippen LogP contribution is -2.43. The molecule has 1 N–H and O–H groups in total. The molecule has 0 spiro atoms. The number of benzene rings is 1. The fraction of sp³-hybridized carbons (Fsp3) is 0.467. The minimum Gasteiger partial charge on any atom is -0.467 e. The SMILES string of the molecule is COC(=O)[C@H](CC(C)C)NC(=O)CSc1ccc(Cl)cc1. The van der Waals surface area contributed by atoms with Crippen LogP contribution in [-0.4, -0.2) is 30.8 Å². The van der Waals surface area contributed by atoms with E-state index in [-0.39, 0.29) is 11.7 Å². The van der Waals surface area contributed by atoms with E-state index < -0.39 is 12.0 Å². The number of hydrogen-bond donors (Lipinski definition) is 1. The molecule has 4 nitrogen and oxygen atoms in total. The first-order valence-corrected chi connectivity index (χ1v) is 8.04. The number of nitrogens with one attached hydrogen (secondary N) is 1. The van der Waals surface area contributed by atoms with Gasteiger partial charge >= 0.3 is 5.97 Å². The largest absolute Gasteiger partial charge is 0.467 e. The van der Waals surface area contributed by atoms with Gasteiger partial charge in [-0.05, 0) is 36.6 Å². The van der Waals surface area contributed by atoms with E-state index in [4.69, 9.17) is 16.3 Å². The van der Waals surface area contributed by atoms with Crippen LogP contribution in [0.4, 0.5) is 0 Å². The van der Waals surface area contributed by atoms with Crippen molar-refractivity contribution >= 4 is 35.2 Å². The van der Waals surface area contributed by atoms with Crippen LogP contribution in [0.25, 0.3) is 0 Å². The molecule has 1 aromatic carbocycles. The van der Waals surface area contributed by atoms with Crippen LogP contribution in [0.3, 0.4) is 0 Å². The quantitative estimate of drug-likeness (QED) is 0.617. The molecule has 1 rings (SSSR count). The van der Waals surface area contributed by atoms with Crippen molar-refractivity contribution in [2.75, 3.05) is 12.9 Å². The number of ether oxygens (including phenoxy) is 1. The molecule has 0 radical (unpaired) electrons. The highest BCUT2D eigenvalue weighted by Gasteiger charge is 2.22. The first-order chi connectivity index (χ1) is 9.92. The minimum absolute atomic E-state index is 0.189. The molecular formula is C15H20ClNO3S. The molecule has 0 aliphatic carbocycles. The maximum absolute atomic E-state index is 11.9. The van der Waals surface area contributed by atoms with Gasteiger partial charge in [-0.3, -0.25) is 4.79 Å². The van der Waals surface area contributed by atoms with Gasteiger partial charge in [-0.2, -0.15) is 0 Å². The van der Waals surface area contributed by atoms with Gasteiger partial charge in [-0.15, -0.1) is 11.8 Å². The molecule has 0 bridgehead atoms. The summed E-state index contributed by atoms with van der Waals surface area (Å²) in [5.41, 5.74) is 0. The predicted molar refractivity (Wildman–Crippen MR) is 85.6 cm³/mol. The van der Waals surface area contributed by atoms with Crippen molar-refractivity contribution in [3.8, 4) is 0 Å². The summed E-state index contributed by atoms with van der Waals surface area (Å²) in [7, 11) is 1.32. The summed E-state index contributed by atoms with van der Waals surface area (Å²) in [5.74, 6) is -0.0643. The highest BCUT2D eigenvalue weighted by Crippen LogP contribution is 2.20. The minimum atomic E-state index is -0.590. The van der Waals surface area contributed by atoms with Crippen LogP contribution in [-0.2, 0) is 14.3 Å². The Balaban J connectivity index is 2.49. The molecule has 0 unspecified atom stereocenters. The molecule has 0 saturated carbocycles. The molecule has 0 fully saturated rings. The maximum Gasteiger partial charge on any atom is 0.328 e. The fourth-order valence-corrected chi connectivity index (χ4v) is 2.58. The smallest absolute Gasteiger partial charge is 0.328 e. The van der Waals surface area contributed by atoms with E-state index >= 15 is 0 Å². The highest BCUT2D eigenvalue weighted by molar-refractivity contribution is 8.00. The molecular weight excluding hydrogens is 310 g/mol. The number of carbonyl (C=O) groups is 2. The lowest BCUT2D eigenvalue weighted by Gasteiger charge is -2.18. The third-order valence-electron chi connectivity index (χ3n) is 2.71. The second kappa shape index (κ2) is 8.95. The van der Waals surface area contributed by atoms with Crippen molar-refractivity contribution in [3.63, 3.8) is 0 Å². The van der Waals surface area contributed by atoms with Crippen molar-refractivity contribution in [1.29, 1.82) is 0 Å². The van der Waals surface area contributed by atoms with E-state index in [0.717, 1.165) is 4.90 Å². The number of methoxy groups -OCH3 is 1. The standard InChI is InChI=1S/C15H20ClNO3S/c1-10(2)8-13(15(19)20-3)17-14(18)9-21-12-6-4-11(16)5-7-12/h4-7,10,13H,8-9H2,1-3H3,(H,17,18)/t13-/m0/s1. The van der Waals surface area contributed by atoms with Crippen LogP contribution in [0.5, 0.6) is 0 Å². The van der Waals surface area contributed by atoms with E-state index in [2.05, 4.69) is 5.32 Å². The van der Waals surface area contributed by atoms with E-state index in [9.17, 15) is 9.59 Å². The van der Waals surface area contributed by atoms with Crippen LogP contribution in [0.15, 0.2) is 29.2 Å². The van der Waals surface area contributed by atoms with Crippen molar-refractivity contribution in [1.82, 2.24) is 5.32 Å². The maximum atomic E-state index is 11.9. The third-order valence-corrected chi connectivity index (χ3v) is 3.98. The number of esters is 1. The van der Waals surface area contributed by atoms with Crippen molar-refractivity contribution < 1.29 is 14.3 Å². The molecule has 1 aromatic rings. The number of rotatable bonds is 7. The first-order valence-electron chi connectivity index (χ1n) is 6.68. The molecule has 1 atom stereocenters. The van der Waals surface area contributed by atoms with E-state index in [1.54, 1.807) is 12.1 Å². The monoisotopic (exact) mass is 329 g/mol. The zero-order valence-corrected chi connectivity index (χ0v) is 14.0. The van der Waals surface area contributed by atoms with E-state index in [0.29, 0.717) is 17.4 Å². The molecule has 0 aliphatic heterocycles. The van der Waals surface area contributed by atoms with Crippen LogP contribution in [0.1, 0.15) is 20.3 Å². The molecule has 0 saturated heterocycles. The summed E-state index contributed by atoms with van der Waals surface area (Å²) in [5, 5.41) is 3.38. The third kappa shape index (κ3) is 6.87. The molecule has 116 valence electrons. The Labute approximate surface area is 134 Å². The normalized spacial score (nSPS) is 12.0. The van der Waals surface area contributed by atoms with Gasteiger partial charge in [-0.1, -0.05) is 25.4 Å². The van der Waals surface area contributed by atoms with E-state index in [1.807, 2.05) is 26.0 Å². The first kappa shape index (κ1) is 17.9. The second-order valence-corrected chi connectivity index (χ2v) is 6.50. The Kier molecular flexibility index (Phi) is 7.61. The number of carbonyl (C=O) groups excluding carboxylic acids is 2. The Hall–Kier alpha value is -1.20. The lowest BCUT2D eigenvalue weighted by atomic mass is 10.0. The second-order valence-electron chi connectivity index (χ2n) is 5.02. The van der Waals surface area contributed by atoms with Gasteiger partial charge in [0, 0.05) is 9.92 Å². The zero-order chi connectivity index (χ0) is 15.8. The highest BCUT2D eigenvalue weighted by atomic mass is 35.5. The molecule has 1 amide bonds. The van der Waals surface area contributed by atoms with Gasteiger partial charge in [0.2, 0.25) is 5.91 Å². The van der Waals surface area contributed by atoms with Gasteiger partial charge in [-0.25, -0.2) is 4.79 Å². The summed E-state index contributed by atoms with van der Waals surface area (Å²) in [6, 6.07) is 6.67. The predicted octanol–water partition coefficient (Wildman–Crippen LogP) is 3.14. The molecule has 6 heteroatoms. The Morgan fingerprint density at radius 3 is 2.43 bits per heavy atom. The number of halogens is 1. The fourth-order valence-electron chi connectivity index (χ4n) is 1.74. The molecule has 21 heavy (non-hydrogen) atoms. The van der Waals surface area contributed by atoms with Gasteiger partial charge in [0.05, 0.1) is 12.9 Å². The molecule has 0 aliphatic rings. The summed E-state index contributed by atoms with van der Waals surface area (Å²) >= 11 is 7.20. The van der Waals surface area contributed by atoms with E-state index in [1.165, 1.54) is 18.9 Å². The average molecular weight is 330 g/mol. The van der Waals surface area contributed by atoms with Crippen molar-refractivity contribution in [3.05, 3.63) is 29.3 Å². The summed E-state index contributed by atoms with van der Waals surface area (Å²) < 4.78 is 4.71. The van der Waals surface area contributed by atoms with Gasteiger partial charge in [0.25, 0.3) is 0 Å². The van der Waals surface area contributed by atoms with Gasteiger partial charge in [0.1, 0.15) is 6.04 Å². The zero-order valence-electron chi connectivity index (χ0n) is 12.4. The summed E-state index contributed by atoms with van der Waals surface area (Å²) in [6.07, 6.45) is 0.560. The summed E-state index contributed by atoms with van der Waals surface area (Å²) in [4.78, 5) is 24.5. The number of amides is 1. The Morgan fingerprint density at radius 2 is 1.90 bits per heavy atom. The van der Waals surface area contributed by atoms with Crippen LogP contribution < -0.4 is 5.32 Å². The van der Waals surface area contributed by atoms with Crippen molar-refractivity contribution in [2.45, 2.75) is 31.2 Å². The van der Waals surface area contributed by atoms with Crippen LogP contribution in [0.2, 0.25) is 5.02 Å². The Morgan fingerprint density at radius 1 is 1.29 bits per heavy atom. The lowest BCUT2D eigenvalue weighted by molar-refractivity contribution is -0.145. The molecule has 0 aromatic heterocycles. The molecule has 0 heterocycles. The van der Waals surface area contributed by atoms with Crippen LogP contribution >= 0.6 is 23.4 Å².